The van der Waals surface area contributed by atoms with Crippen molar-refractivity contribution in [2.24, 2.45) is 0 Å². The van der Waals surface area contributed by atoms with E-state index in [9.17, 15) is 4.79 Å². The van der Waals surface area contributed by atoms with E-state index in [0.717, 1.165) is 38.9 Å². The van der Waals surface area contributed by atoms with Gasteiger partial charge in [-0.2, -0.15) is 0 Å². The summed E-state index contributed by atoms with van der Waals surface area (Å²) >= 11 is 1.56. The Bertz CT molecular complexity index is 1170. The molecule has 0 fully saturated rings. The van der Waals surface area contributed by atoms with Gasteiger partial charge >= 0.3 is 5.97 Å². The lowest BCUT2D eigenvalue weighted by molar-refractivity contribution is 0.0600. The molecule has 0 aliphatic rings. The van der Waals surface area contributed by atoms with Crippen LogP contribution in [0.4, 0.5) is 16.5 Å². The van der Waals surface area contributed by atoms with Crippen molar-refractivity contribution in [3.05, 3.63) is 89.1 Å². The fourth-order valence-electron chi connectivity index (χ4n) is 3.04. The monoisotopic (exact) mass is 430 g/mol. The lowest BCUT2D eigenvalue weighted by Gasteiger charge is -2.12. The zero-order valence-corrected chi connectivity index (χ0v) is 18.1. The molecule has 0 spiro atoms. The highest BCUT2D eigenvalue weighted by Gasteiger charge is 2.08. The van der Waals surface area contributed by atoms with Crippen molar-refractivity contribution < 1.29 is 9.53 Å². The largest absolute Gasteiger partial charge is 0.465 e. The highest BCUT2D eigenvalue weighted by atomic mass is 32.1. The molecule has 0 saturated heterocycles. The first-order valence-electron chi connectivity index (χ1n) is 9.77. The first kappa shape index (κ1) is 20.6. The number of aromatic nitrogens is 2. The van der Waals surface area contributed by atoms with Crippen molar-refractivity contribution >= 4 is 33.8 Å². The standard InChI is InChI=1S/C24H22N4O2S/c1-16-5-10-20(26-13-17-6-8-18(9-7-17)23(29)30-2)12-21(16)27-24-28-22(15-31-24)19-4-3-11-25-14-19/h3-12,14-15,26H,13H2,1-2H3,(H,27,28). The summed E-state index contributed by atoms with van der Waals surface area (Å²) in [5.74, 6) is -0.331. The molecule has 0 aliphatic heterocycles. The molecule has 0 unspecified atom stereocenters. The van der Waals surface area contributed by atoms with E-state index in [4.69, 9.17) is 4.74 Å². The van der Waals surface area contributed by atoms with Crippen LogP contribution in [-0.4, -0.2) is 23.0 Å². The summed E-state index contributed by atoms with van der Waals surface area (Å²) < 4.78 is 4.74. The van der Waals surface area contributed by atoms with E-state index in [1.54, 1.807) is 29.7 Å². The number of aryl methyl sites for hydroxylation is 1. The van der Waals surface area contributed by atoms with Gasteiger partial charge in [0.15, 0.2) is 5.13 Å². The molecule has 4 aromatic rings. The van der Waals surface area contributed by atoms with Gasteiger partial charge in [-0.1, -0.05) is 18.2 Å². The van der Waals surface area contributed by atoms with Crippen molar-refractivity contribution in [3.63, 3.8) is 0 Å². The van der Waals surface area contributed by atoms with Crippen molar-refractivity contribution in [1.29, 1.82) is 0 Å². The van der Waals surface area contributed by atoms with E-state index < -0.39 is 0 Å². The summed E-state index contributed by atoms with van der Waals surface area (Å²) in [6, 6.07) is 17.5. The average molecular weight is 431 g/mol. The second kappa shape index (κ2) is 9.40. The maximum atomic E-state index is 11.6. The zero-order chi connectivity index (χ0) is 21.6. The third-order valence-corrected chi connectivity index (χ3v) is 5.57. The number of carbonyl (C=O) groups excluding carboxylic acids is 1. The predicted molar refractivity (Wildman–Crippen MR) is 125 cm³/mol. The molecule has 7 heteroatoms. The molecular weight excluding hydrogens is 408 g/mol. The molecule has 0 saturated carbocycles. The summed E-state index contributed by atoms with van der Waals surface area (Å²) in [6.45, 7) is 2.71. The fourth-order valence-corrected chi connectivity index (χ4v) is 3.77. The predicted octanol–water partition coefficient (Wildman–Crippen LogP) is 5.66. The summed E-state index contributed by atoms with van der Waals surface area (Å²) in [4.78, 5) is 20.4. The second-order valence-corrected chi connectivity index (χ2v) is 7.83. The first-order valence-corrected chi connectivity index (χ1v) is 10.6. The molecule has 2 N–H and O–H groups in total. The number of benzene rings is 2. The zero-order valence-electron chi connectivity index (χ0n) is 17.3. The minimum Gasteiger partial charge on any atom is -0.465 e. The van der Waals surface area contributed by atoms with Crippen LogP contribution in [0.25, 0.3) is 11.3 Å². The molecule has 0 amide bonds. The van der Waals surface area contributed by atoms with Gasteiger partial charge in [0.05, 0.1) is 18.4 Å². The number of carbonyl (C=O) groups is 1. The van der Waals surface area contributed by atoms with Crippen LogP contribution in [0.15, 0.2) is 72.4 Å². The smallest absolute Gasteiger partial charge is 0.337 e. The summed E-state index contributed by atoms with van der Waals surface area (Å²) in [5, 5.41) is 9.70. The molecule has 0 bridgehead atoms. The van der Waals surface area contributed by atoms with E-state index in [2.05, 4.69) is 39.7 Å². The third kappa shape index (κ3) is 5.07. The fraction of sp³-hybridized carbons (Fsp3) is 0.125. The minimum absolute atomic E-state index is 0.331. The Kier molecular flexibility index (Phi) is 6.24. The maximum Gasteiger partial charge on any atom is 0.337 e. The van der Waals surface area contributed by atoms with E-state index in [1.165, 1.54) is 7.11 Å². The summed E-state index contributed by atoms with van der Waals surface area (Å²) in [5.41, 5.74) is 6.64. The number of nitrogens with zero attached hydrogens (tertiary/aromatic N) is 2. The van der Waals surface area contributed by atoms with Crippen molar-refractivity contribution in [1.82, 2.24) is 9.97 Å². The molecule has 0 aliphatic carbocycles. The number of thiazole rings is 1. The van der Waals surface area contributed by atoms with Crippen LogP contribution in [0.3, 0.4) is 0 Å². The summed E-state index contributed by atoms with van der Waals surface area (Å²) in [6.07, 6.45) is 3.57. The van der Waals surface area contributed by atoms with Crippen molar-refractivity contribution in [2.75, 3.05) is 17.7 Å². The number of nitrogens with one attached hydrogen (secondary N) is 2. The van der Waals surface area contributed by atoms with Gasteiger partial charge in [-0.3, -0.25) is 4.98 Å². The Balaban J connectivity index is 1.43. The van der Waals surface area contributed by atoms with Gasteiger partial charge in [-0.25, -0.2) is 9.78 Å². The van der Waals surface area contributed by atoms with Gasteiger partial charge in [-0.05, 0) is 54.4 Å². The highest BCUT2D eigenvalue weighted by Crippen LogP contribution is 2.29. The van der Waals surface area contributed by atoms with Crippen molar-refractivity contribution in [2.45, 2.75) is 13.5 Å². The Morgan fingerprint density at radius 1 is 1.13 bits per heavy atom. The van der Waals surface area contributed by atoms with Gasteiger partial charge in [0.2, 0.25) is 0 Å². The normalized spacial score (nSPS) is 10.5. The van der Waals surface area contributed by atoms with Crippen LogP contribution in [0.2, 0.25) is 0 Å². The average Bonchev–Trinajstić information content (AvgIpc) is 3.28. The van der Waals surface area contributed by atoms with E-state index in [-0.39, 0.29) is 5.97 Å². The number of rotatable bonds is 7. The SMILES string of the molecule is COC(=O)c1ccc(CNc2ccc(C)c(Nc3nc(-c4cccnc4)cs3)c2)cc1. The van der Waals surface area contributed by atoms with Crippen LogP contribution < -0.4 is 10.6 Å². The number of hydrogen-bond donors (Lipinski definition) is 2. The number of anilines is 3. The lowest BCUT2D eigenvalue weighted by Crippen LogP contribution is -2.03. The maximum absolute atomic E-state index is 11.6. The van der Waals surface area contributed by atoms with Crippen LogP contribution in [0.5, 0.6) is 0 Å². The Labute approximate surface area is 185 Å². The van der Waals surface area contributed by atoms with E-state index in [0.29, 0.717) is 12.1 Å². The highest BCUT2D eigenvalue weighted by molar-refractivity contribution is 7.14. The Hall–Kier alpha value is -3.71. The van der Waals surface area contributed by atoms with E-state index >= 15 is 0 Å². The van der Waals surface area contributed by atoms with Gasteiger partial charge in [0, 0.05) is 41.3 Å². The van der Waals surface area contributed by atoms with Crippen molar-refractivity contribution in [3.8, 4) is 11.3 Å². The quantitative estimate of drug-likeness (QED) is 0.369. The van der Waals surface area contributed by atoms with E-state index in [1.807, 2.05) is 41.9 Å². The molecule has 2 aromatic carbocycles. The van der Waals surface area contributed by atoms with Crippen LogP contribution >= 0.6 is 11.3 Å². The molecule has 6 nitrogen and oxygen atoms in total. The number of pyridine rings is 1. The van der Waals surface area contributed by atoms with Crippen LogP contribution in [0, 0.1) is 6.92 Å². The Morgan fingerprint density at radius 3 is 2.71 bits per heavy atom. The lowest BCUT2D eigenvalue weighted by atomic mass is 10.1. The number of ether oxygens (including phenoxy) is 1. The molecule has 4 rings (SSSR count). The molecule has 2 aromatic heterocycles. The molecular formula is C24H22N4O2S. The summed E-state index contributed by atoms with van der Waals surface area (Å²) in [7, 11) is 1.38. The van der Waals surface area contributed by atoms with Gasteiger partial charge < -0.3 is 15.4 Å². The second-order valence-electron chi connectivity index (χ2n) is 6.98. The van der Waals surface area contributed by atoms with Gasteiger partial charge in [-0.15, -0.1) is 11.3 Å². The Morgan fingerprint density at radius 2 is 1.97 bits per heavy atom. The van der Waals surface area contributed by atoms with Crippen LogP contribution in [-0.2, 0) is 11.3 Å². The minimum atomic E-state index is -0.331. The number of methoxy groups -OCH3 is 1. The molecule has 0 atom stereocenters. The molecule has 2 heterocycles. The molecule has 0 radical (unpaired) electrons. The first-order chi connectivity index (χ1) is 15.1. The topological polar surface area (TPSA) is 76.1 Å². The van der Waals surface area contributed by atoms with Gasteiger partial charge in [0.1, 0.15) is 0 Å². The number of esters is 1. The molecule has 31 heavy (non-hydrogen) atoms. The number of hydrogen-bond acceptors (Lipinski definition) is 7. The molecule has 156 valence electrons. The van der Waals surface area contributed by atoms with Gasteiger partial charge in [0.25, 0.3) is 0 Å². The third-order valence-electron chi connectivity index (χ3n) is 4.81. The van der Waals surface area contributed by atoms with Crippen LogP contribution in [0.1, 0.15) is 21.5 Å².